The van der Waals surface area contributed by atoms with Gasteiger partial charge in [-0.2, -0.15) is 8.42 Å². The zero-order valence-corrected chi connectivity index (χ0v) is 7.06. The third-order valence-corrected chi connectivity index (χ3v) is 2.21. The van der Waals surface area contributed by atoms with Crippen LogP contribution in [-0.4, -0.2) is 77.0 Å². The molecule has 1 aromatic carbocycles. The van der Waals surface area contributed by atoms with Gasteiger partial charge < -0.3 is 0 Å². The second-order valence-electron chi connectivity index (χ2n) is 2.23. The second-order valence-corrected chi connectivity index (χ2v) is 3.65. The molecule has 0 bridgehead atoms. The van der Waals surface area contributed by atoms with Crippen LogP contribution in [0.5, 0.6) is 0 Å². The van der Waals surface area contributed by atoms with E-state index in [-0.39, 0.29) is 69.7 Å². The number of hydrogen-bond acceptors (Lipinski definition) is 4. The molecule has 0 aromatic heterocycles. The van der Waals surface area contributed by atoms with E-state index in [4.69, 9.17) is 4.55 Å². The second kappa shape index (κ2) is 6.97. The van der Waals surface area contributed by atoms with Crippen molar-refractivity contribution in [1.82, 2.24) is 0 Å². The standard InChI is InChI=1S/C6H5NO5S.2Na.2H/c8-7(9)5-1-3-6(4-2-5)13(10,11)12;;;;/h1-4H,(H,10,11,12);;;;. The van der Waals surface area contributed by atoms with Gasteiger partial charge in [0, 0.05) is 12.1 Å². The Hall–Kier alpha value is 0.530. The van der Waals surface area contributed by atoms with Crippen molar-refractivity contribution < 1.29 is 17.9 Å². The van der Waals surface area contributed by atoms with Crippen molar-refractivity contribution in [3.8, 4) is 0 Å². The first-order chi connectivity index (χ1) is 5.91. The first kappa shape index (κ1) is 17.9. The van der Waals surface area contributed by atoms with Gasteiger partial charge in [-0.1, -0.05) is 0 Å². The summed E-state index contributed by atoms with van der Waals surface area (Å²) < 4.78 is 29.5. The monoisotopic (exact) mass is 251 g/mol. The van der Waals surface area contributed by atoms with Gasteiger partial charge >= 0.3 is 59.1 Å². The van der Waals surface area contributed by atoms with E-state index in [0.29, 0.717) is 0 Å². The topological polar surface area (TPSA) is 97.5 Å². The van der Waals surface area contributed by atoms with Crippen molar-refractivity contribution in [1.29, 1.82) is 0 Å². The molecule has 0 saturated heterocycles. The summed E-state index contributed by atoms with van der Waals surface area (Å²) in [7, 11) is -4.27. The predicted octanol–water partition coefficient (Wildman–Crippen LogP) is -0.455. The minimum atomic E-state index is -4.27. The molecule has 1 aromatic rings. The van der Waals surface area contributed by atoms with E-state index in [0.717, 1.165) is 24.3 Å². The third-order valence-electron chi connectivity index (χ3n) is 1.35. The van der Waals surface area contributed by atoms with E-state index in [2.05, 4.69) is 0 Å². The van der Waals surface area contributed by atoms with Crippen molar-refractivity contribution in [3.63, 3.8) is 0 Å². The number of hydrogen-bond donors (Lipinski definition) is 1. The average molecular weight is 251 g/mol. The summed E-state index contributed by atoms with van der Waals surface area (Å²) >= 11 is 0. The zero-order valence-electron chi connectivity index (χ0n) is 6.25. The Morgan fingerprint density at radius 3 is 1.80 bits per heavy atom. The van der Waals surface area contributed by atoms with Crippen LogP contribution < -0.4 is 0 Å². The van der Waals surface area contributed by atoms with Gasteiger partial charge in [0.2, 0.25) is 0 Å². The molecule has 0 radical (unpaired) electrons. The van der Waals surface area contributed by atoms with Gasteiger partial charge in [-0.15, -0.1) is 0 Å². The number of non-ortho nitro benzene ring substituents is 1. The van der Waals surface area contributed by atoms with Crippen LogP contribution in [0.1, 0.15) is 0 Å². The van der Waals surface area contributed by atoms with Crippen LogP contribution in [0.4, 0.5) is 5.69 Å². The van der Waals surface area contributed by atoms with Crippen LogP contribution in [0.2, 0.25) is 0 Å². The van der Waals surface area contributed by atoms with Gasteiger partial charge in [0.25, 0.3) is 15.8 Å². The Kier molecular flexibility index (Phi) is 8.33. The third kappa shape index (κ3) is 5.41. The summed E-state index contributed by atoms with van der Waals surface area (Å²) in [5.74, 6) is 0. The summed E-state index contributed by atoms with van der Waals surface area (Å²) in [6.45, 7) is 0. The molecule has 0 saturated carbocycles. The fourth-order valence-electron chi connectivity index (χ4n) is 0.740. The molecule has 0 amide bonds. The molecule has 15 heavy (non-hydrogen) atoms. The molecule has 0 heterocycles. The molecule has 0 aliphatic rings. The molecule has 0 unspecified atom stereocenters. The fraction of sp³-hybridized carbons (Fsp3) is 0. The van der Waals surface area contributed by atoms with Crippen LogP contribution in [-0.2, 0) is 10.1 Å². The van der Waals surface area contributed by atoms with Crippen LogP contribution >= 0.6 is 0 Å². The van der Waals surface area contributed by atoms with Gasteiger partial charge in [0.1, 0.15) is 0 Å². The predicted molar refractivity (Wildman–Crippen MR) is 57.2 cm³/mol. The van der Waals surface area contributed by atoms with Crippen molar-refractivity contribution >= 4 is 74.9 Å². The van der Waals surface area contributed by atoms with Gasteiger partial charge in [-0.05, 0) is 12.1 Å². The van der Waals surface area contributed by atoms with Crippen LogP contribution in [0.25, 0.3) is 0 Å². The normalized spacial score (nSPS) is 9.67. The summed E-state index contributed by atoms with van der Waals surface area (Å²) in [6.07, 6.45) is 0. The molecule has 6 nitrogen and oxygen atoms in total. The van der Waals surface area contributed by atoms with Crippen molar-refractivity contribution in [2.24, 2.45) is 0 Å². The maximum absolute atomic E-state index is 10.5. The Balaban J connectivity index is 0. The minimum absolute atomic E-state index is 0. The summed E-state index contributed by atoms with van der Waals surface area (Å²) in [6, 6.07) is 3.94. The fourth-order valence-corrected chi connectivity index (χ4v) is 1.22. The Labute approximate surface area is 131 Å². The summed E-state index contributed by atoms with van der Waals surface area (Å²) in [5.41, 5.74) is -0.229. The molecule has 74 valence electrons. The van der Waals surface area contributed by atoms with Crippen molar-refractivity contribution in [3.05, 3.63) is 34.4 Å². The molecule has 0 spiro atoms. The Morgan fingerprint density at radius 2 is 1.53 bits per heavy atom. The number of nitrogens with zero attached hydrogens (tertiary/aromatic N) is 1. The number of rotatable bonds is 2. The van der Waals surface area contributed by atoms with E-state index in [1.807, 2.05) is 0 Å². The van der Waals surface area contributed by atoms with Crippen molar-refractivity contribution in [2.75, 3.05) is 0 Å². The van der Waals surface area contributed by atoms with Crippen LogP contribution in [0.15, 0.2) is 29.2 Å². The van der Waals surface area contributed by atoms with E-state index in [1.54, 1.807) is 0 Å². The van der Waals surface area contributed by atoms with Crippen LogP contribution in [0.3, 0.4) is 0 Å². The first-order valence-electron chi connectivity index (χ1n) is 3.13. The Bertz CT molecular complexity index is 429. The van der Waals surface area contributed by atoms with Gasteiger partial charge in [-0.25, -0.2) is 0 Å². The summed E-state index contributed by atoms with van der Waals surface area (Å²) in [5, 5.41) is 10.2. The maximum atomic E-state index is 10.5. The molecular formula is C6H7NNa2O5S. The van der Waals surface area contributed by atoms with Gasteiger partial charge in [-0.3, -0.25) is 14.7 Å². The molecule has 0 aliphatic heterocycles. The van der Waals surface area contributed by atoms with E-state index in [1.165, 1.54) is 0 Å². The average Bonchev–Trinajstić information content (AvgIpc) is 2.03. The number of benzene rings is 1. The number of nitro groups is 1. The number of nitro benzene ring substituents is 1. The molecule has 0 fully saturated rings. The first-order valence-corrected chi connectivity index (χ1v) is 4.57. The Morgan fingerprint density at radius 1 is 1.13 bits per heavy atom. The molecule has 1 N–H and O–H groups in total. The molecular weight excluding hydrogens is 244 g/mol. The molecule has 0 aliphatic carbocycles. The van der Waals surface area contributed by atoms with E-state index < -0.39 is 15.0 Å². The van der Waals surface area contributed by atoms with E-state index >= 15 is 0 Å². The van der Waals surface area contributed by atoms with E-state index in [9.17, 15) is 18.5 Å². The summed E-state index contributed by atoms with van der Waals surface area (Å²) in [4.78, 5) is 9.13. The SMILES string of the molecule is O=[N+]([O-])c1ccc(S(=O)(=O)O)cc1.[NaH].[NaH]. The quantitative estimate of drug-likeness (QED) is 0.332. The van der Waals surface area contributed by atoms with Crippen LogP contribution in [0, 0.1) is 10.1 Å². The van der Waals surface area contributed by atoms with Gasteiger partial charge in [0.05, 0.1) is 9.82 Å². The molecule has 1 rings (SSSR count). The van der Waals surface area contributed by atoms with Gasteiger partial charge in [0.15, 0.2) is 0 Å². The molecule has 0 atom stereocenters. The zero-order chi connectivity index (χ0) is 10.1. The van der Waals surface area contributed by atoms with Crippen molar-refractivity contribution in [2.45, 2.75) is 4.90 Å². The molecule has 9 heteroatoms.